The molecule has 0 bridgehead atoms. The van der Waals surface area contributed by atoms with Crippen molar-refractivity contribution in [3.63, 3.8) is 0 Å². The average molecular weight is 283 g/mol. The number of carbonyl (C=O) groups excluding carboxylic acids is 1. The predicted molar refractivity (Wildman–Crippen MR) is 75.5 cm³/mol. The van der Waals surface area contributed by atoms with Gasteiger partial charge in [0.25, 0.3) is 0 Å². The van der Waals surface area contributed by atoms with Crippen LogP contribution in [0.5, 0.6) is 5.75 Å². The fourth-order valence-electron chi connectivity index (χ4n) is 2.56. The van der Waals surface area contributed by atoms with Crippen LogP contribution in [-0.4, -0.2) is 37.0 Å². The molecule has 1 fully saturated rings. The standard InChI is InChI=1S/C14H19ClN2O2/c1-19-13-5-4-11(15)7-10(13)8-14(18)17-6-2-3-12(17)9-16/h4-5,7,12H,2-3,6,8-9,16H2,1H3/t12-/m1/s1. The second-order valence-electron chi connectivity index (χ2n) is 4.75. The van der Waals surface area contributed by atoms with Gasteiger partial charge in [0.2, 0.25) is 5.91 Å². The minimum Gasteiger partial charge on any atom is -0.496 e. The second-order valence-corrected chi connectivity index (χ2v) is 5.19. The fraction of sp³-hybridized carbons (Fsp3) is 0.500. The van der Waals surface area contributed by atoms with Crippen molar-refractivity contribution in [2.75, 3.05) is 20.2 Å². The Morgan fingerprint density at radius 2 is 2.37 bits per heavy atom. The molecule has 2 rings (SSSR count). The van der Waals surface area contributed by atoms with Crippen molar-refractivity contribution in [3.05, 3.63) is 28.8 Å². The van der Waals surface area contributed by atoms with Gasteiger partial charge in [0, 0.05) is 29.7 Å². The molecule has 1 amide bonds. The van der Waals surface area contributed by atoms with Crippen molar-refractivity contribution in [2.24, 2.45) is 5.73 Å². The SMILES string of the molecule is COc1ccc(Cl)cc1CC(=O)N1CCC[C@@H]1CN. The van der Waals surface area contributed by atoms with Gasteiger partial charge in [-0.3, -0.25) is 4.79 Å². The lowest BCUT2D eigenvalue weighted by molar-refractivity contribution is -0.131. The van der Waals surface area contributed by atoms with Crippen molar-refractivity contribution in [1.29, 1.82) is 0 Å². The number of carbonyl (C=O) groups is 1. The van der Waals surface area contributed by atoms with E-state index in [0.717, 1.165) is 24.9 Å². The first-order valence-corrected chi connectivity index (χ1v) is 6.85. The van der Waals surface area contributed by atoms with E-state index in [1.165, 1.54) is 0 Å². The first-order valence-electron chi connectivity index (χ1n) is 6.47. The zero-order chi connectivity index (χ0) is 13.8. The van der Waals surface area contributed by atoms with Crippen molar-refractivity contribution in [1.82, 2.24) is 4.90 Å². The maximum absolute atomic E-state index is 12.3. The zero-order valence-electron chi connectivity index (χ0n) is 11.1. The van der Waals surface area contributed by atoms with Gasteiger partial charge in [-0.2, -0.15) is 0 Å². The van der Waals surface area contributed by atoms with Crippen LogP contribution in [0.15, 0.2) is 18.2 Å². The third-order valence-corrected chi connectivity index (χ3v) is 3.79. The molecule has 0 aliphatic carbocycles. The first kappa shape index (κ1) is 14.2. The number of methoxy groups -OCH3 is 1. The van der Waals surface area contributed by atoms with Gasteiger partial charge in [-0.05, 0) is 31.0 Å². The Hall–Kier alpha value is -1.26. The zero-order valence-corrected chi connectivity index (χ0v) is 11.8. The van der Waals surface area contributed by atoms with Crippen molar-refractivity contribution in [3.8, 4) is 5.75 Å². The Kier molecular flexibility index (Phi) is 4.66. The number of nitrogens with zero attached hydrogens (tertiary/aromatic N) is 1. The topological polar surface area (TPSA) is 55.6 Å². The van der Waals surface area contributed by atoms with E-state index >= 15 is 0 Å². The van der Waals surface area contributed by atoms with E-state index < -0.39 is 0 Å². The summed E-state index contributed by atoms with van der Waals surface area (Å²) in [6.45, 7) is 1.32. The highest BCUT2D eigenvalue weighted by atomic mass is 35.5. The van der Waals surface area contributed by atoms with E-state index in [-0.39, 0.29) is 11.9 Å². The van der Waals surface area contributed by atoms with Gasteiger partial charge in [-0.1, -0.05) is 11.6 Å². The van der Waals surface area contributed by atoms with E-state index in [0.29, 0.717) is 23.7 Å². The summed E-state index contributed by atoms with van der Waals surface area (Å²) in [5, 5.41) is 0.611. The molecule has 1 saturated heterocycles. The van der Waals surface area contributed by atoms with Crippen LogP contribution in [0, 0.1) is 0 Å². The summed E-state index contributed by atoms with van der Waals surface area (Å²) in [6, 6.07) is 5.51. The number of likely N-dealkylation sites (tertiary alicyclic amines) is 1. The highest BCUT2D eigenvalue weighted by Crippen LogP contribution is 2.25. The Morgan fingerprint density at radius 3 is 3.05 bits per heavy atom. The van der Waals surface area contributed by atoms with Crippen molar-refractivity contribution < 1.29 is 9.53 Å². The predicted octanol–water partition coefficient (Wildman–Crippen LogP) is 1.84. The van der Waals surface area contributed by atoms with Gasteiger partial charge < -0.3 is 15.4 Å². The molecule has 1 aliphatic rings. The summed E-state index contributed by atoms with van der Waals surface area (Å²) < 4.78 is 5.26. The van der Waals surface area contributed by atoms with Crippen LogP contribution in [0.4, 0.5) is 0 Å². The average Bonchev–Trinajstić information content (AvgIpc) is 2.87. The number of benzene rings is 1. The van der Waals surface area contributed by atoms with Gasteiger partial charge in [0.1, 0.15) is 5.75 Å². The molecule has 0 unspecified atom stereocenters. The normalized spacial score (nSPS) is 18.7. The maximum atomic E-state index is 12.3. The van der Waals surface area contributed by atoms with Crippen LogP contribution in [0.1, 0.15) is 18.4 Å². The molecule has 0 saturated carbocycles. The molecular formula is C14H19ClN2O2. The lowest BCUT2D eigenvalue weighted by Gasteiger charge is -2.23. The van der Waals surface area contributed by atoms with E-state index in [1.54, 1.807) is 25.3 Å². The lowest BCUT2D eigenvalue weighted by Crippen LogP contribution is -2.40. The molecule has 2 N–H and O–H groups in total. The van der Waals surface area contributed by atoms with Crippen LogP contribution in [0.2, 0.25) is 5.02 Å². The number of ether oxygens (including phenoxy) is 1. The van der Waals surface area contributed by atoms with Gasteiger partial charge in [0.05, 0.1) is 13.5 Å². The van der Waals surface area contributed by atoms with E-state index in [4.69, 9.17) is 22.1 Å². The molecule has 1 aromatic rings. The molecule has 1 heterocycles. The van der Waals surface area contributed by atoms with Crippen LogP contribution >= 0.6 is 11.6 Å². The highest BCUT2D eigenvalue weighted by Gasteiger charge is 2.27. The van der Waals surface area contributed by atoms with E-state index in [9.17, 15) is 4.79 Å². The van der Waals surface area contributed by atoms with Gasteiger partial charge in [-0.15, -0.1) is 0 Å². The third-order valence-electron chi connectivity index (χ3n) is 3.55. The van der Waals surface area contributed by atoms with E-state index in [1.807, 2.05) is 4.90 Å². The Labute approximate surface area is 118 Å². The molecule has 0 radical (unpaired) electrons. The molecule has 1 aliphatic heterocycles. The first-order chi connectivity index (χ1) is 9.15. The molecule has 5 heteroatoms. The summed E-state index contributed by atoms with van der Waals surface area (Å²) in [6.07, 6.45) is 2.33. The largest absolute Gasteiger partial charge is 0.496 e. The Balaban J connectivity index is 2.12. The highest BCUT2D eigenvalue weighted by molar-refractivity contribution is 6.30. The smallest absolute Gasteiger partial charge is 0.227 e. The quantitative estimate of drug-likeness (QED) is 0.917. The van der Waals surface area contributed by atoms with Crippen LogP contribution in [0.3, 0.4) is 0 Å². The molecule has 1 atom stereocenters. The number of amides is 1. The molecule has 1 aromatic carbocycles. The minimum atomic E-state index is 0.0912. The molecule has 19 heavy (non-hydrogen) atoms. The van der Waals surface area contributed by atoms with Gasteiger partial charge in [0.15, 0.2) is 0 Å². The molecule has 0 spiro atoms. The Morgan fingerprint density at radius 1 is 1.58 bits per heavy atom. The summed E-state index contributed by atoms with van der Waals surface area (Å²) in [4.78, 5) is 14.2. The van der Waals surface area contributed by atoms with Crippen LogP contribution < -0.4 is 10.5 Å². The molecule has 4 nitrogen and oxygen atoms in total. The molecular weight excluding hydrogens is 264 g/mol. The monoisotopic (exact) mass is 282 g/mol. The number of halogens is 1. The summed E-state index contributed by atoms with van der Waals surface area (Å²) in [7, 11) is 1.59. The van der Waals surface area contributed by atoms with Crippen LogP contribution in [0.25, 0.3) is 0 Å². The summed E-state index contributed by atoms with van der Waals surface area (Å²) in [5.41, 5.74) is 6.52. The third kappa shape index (κ3) is 3.19. The summed E-state index contributed by atoms with van der Waals surface area (Å²) in [5.74, 6) is 0.787. The minimum absolute atomic E-state index is 0.0912. The molecule has 0 aromatic heterocycles. The fourth-order valence-corrected chi connectivity index (χ4v) is 2.75. The number of hydrogen-bond donors (Lipinski definition) is 1. The molecule has 104 valence electrons. The lowest BCUT2D eigenvalue weighted by atomic mass is 10.1. The van der Waals surface area contributed by atoms with Gasteiger partial charge >= 0.3 is 0 Å². The summed E-state index contributed by atoms with van der Waals surface area (Å²) >= 11 is 5.97. The number of hydrogen-bond acceptors (Lipinski definition) is 3. The van der Waals surface area contributed by atoms with Crippen molar-refractivity contribution in [2.45, 2.75) is 25.3 Å². The maximum Gasteiger partial charge on any atom is 0.227 e. The van der Waals surface area contributed by atoms with E-state index in [2.05, 4.69) is 0 Å². The van der Waals surface area contributed by atoms with Crippen LogP contribution in [-0.2, 0) is 11.2 Å². The Bertz CT molecular complexity index is 465. The second kappa shape index (κ2) is 6.26. The van der Waals surface area contributed by atoms with Crippen molar-refractivity contribution >= 4 is 17.5 Å². The van der Waals surface area contributed by atoms with Gasteiger partial charge in [-0.25, -0.2) is 0 Å². The number of rotatable bonds is 4. The number of nitrogens with two attached hydrogens (primary N) is 1.